The molecule has 0 fully saturated rings. The maximum atomic E-state index is 12.8. The molecule has 0 aliphatic heterocycles. The molecule has 5 nitrogen and oxygen atoms in total. The number of amides is 1. The van der Waals surface area contributed by atoms with Gasteiger partial charge >= 0.3 is 0 Å². The van der Waals surface area contributed by atoms with Crippen LogP contribution in [0.15, 0.2) is 60.3 Å². The lowest BCUT2D eigenvalue weighted by Crippen LogP contribution is -2.29. The minimum Gasteiger partial charge on any atom is -0.494 e. The molecule has 0 heterocycles. The molecule has 6 heteroatoms. The molecule has 0 unspecified atom stereocenters. The van der Waals surface area contributed by atoms with Gasteiger partial charge in [-0.3, -0.25) is 9.59 Å². The van der Waals surface area contributed by atoms with Gasteiger partial charge in [0.25, 0.3) is 5.91 Å². The Labute approximate surface area is 158 Å². The molecule has 0 aliphatic carbocycles. The molecule has 2 rings (SSSR count). The minimum absolute atomic E-state index is 0.0196. The van der Waals surface area contributed by atoms with Crippen LogP contribution in [0.5, 0.6) is 5.75 Å². The quantitative estimate of drug-likeness (QED) is 0.317. The first kappa shape index (κ1) is 19.5. The highest BCUT2D eigenvalue weighted by Gasteiger charge is 2.21. The van der Waals surface area contributed by atoms with Gasteiger partial charge in [-0.2, -0.15) is 0 Å². The number of carbonyl (C=O) groups is 2. The highest BCUT2D eigenvalue weighted by Crippen LogP contribution is 2.20. The summed E-state index contributed by atoms with van der Waals surface area (Å²) in [6, 6.07) is 13.9. The maximum absolute atomic E-state index is 12.8. The van der Waals surface area contributed by atoms with Gasteiger partial charge in [0.05, 0.1) is 11.6 Å². The fraction of sp³-hybridized carbons (Fsp3) is 0.200. The smallest absolute Gasteiger partial charge is 0.256 e. The normalized spacial score (nSPS) is 11.0. The second kappa shape index (κ2) is 9.63. The Bertz CT molecular complexity index is 801. The van der Waals surface area contributed by atoms with Crippen LogP contribution in [-0.2, 0) is 4.79 Å². The molecule has 0 spiro atoms. The molecule has 0 bridgehead atoms. The van der Waals surface area contributed by atoms with Gasteiger partial charge in [0, 0.05) is 24.0 Å². The van der Waals surface area contributed by atoms with Gasteiger partial charge in [-0.25, -0.2) is 0 Å². The van der Waals surface area contributed by atoms with E-state index in [-0.39, 0.29) is 11.1 Å². The third kappa shape index (κ3) is 5.10. The summed E-state index contributed by atoms with van der Waals surface area (Å²) in [7, 11) is 0. The standard InChI is InChI=1S/C20H21ClN2O3/c1-3-22-20(25)17(19(24)16-7-5-6-8-18(16)21)13-23-14-9-11-15(12-10-14)26-4-2/h5-13,23H,3-4H2,1-2H3,(H,22,25)/b17-13+. The fourth-order valence-electron chi connectivity index (χ4n) is 2.25. The van der Waals surface area contributed by atoms with E-state index < -0.39 is 11.7 Å². The average molecular weight is 373 g/mol. The topological polar surface area (TPSA) is 67.4 Å². The van der Waals surface area contributed by atoms with E-state index in [4.69, 9.17) is 16.3 Å². The molecule has 0 aromatic heterocycles. The third-order valence-electron chi connectivity index (χ3n) is 3.49. The van der Waals surface area contributed by atoms with E-state index in [1.165, 1.54) is 6.20 Å². The van der Waals surface area contributed by atoms with Crippen molar-refractivity contribution in [2.24, 2.45) is 0 Å². The zero-order valence-corrected chi connectivity index (χ0v) is 15.5. The Morgan fingerprint density at radius 2 is 1.77 bits per heavy atom. The van der Waals surface area contributed by atoms with Crippen LogP contribution in [-0.4, -0.2) is 24.8 Å². The van der Waals surface area contributed by atoms with E-state index in [2.05, 4.69) is 10.6 Å². The maximum Gasteiger partial charge on any atom is 0.256 e. The summed E-state index contributed by atoms with van der Waals surface area (Å²) in [5, 5.41) is 5.93. The molecule has 2 N–H and O–H groups in total. The predicted octanol–water partition coefficient (Wildman–Crippen LogP) is 4.05. The summed E-state index contributed by atoms with van der Waals surface area (Å²) < 4.78 is 5.39. The summed E-state index contributed by atoms with van der Waals surface area (Å²) >= 11 is 6.10. The van der Waals surface area contributed by atoms with Crippen LogP contribution in [0.2, 0.25) is 5.02 Å². The van der Waals surface area contributed by atoms with Gasteiger partial charge in [-0.05, 0) is 50.2 Å². The second-order valence-electron chi connectivity index (χ2n) is 5.33. The molecule has 1 amide bonds. The Morgan fingerprint density at radius 1 is 1.08 bits per heavy atom. The zero-order valence-electron chi connectivity index (χ0n) is 14.7. The number of likely N-dealkylation sites (N-methyl/N-ethyl adjacent to an activating group) is 1. The monoisotopic (exact) mass is 372 g/mol. The lowest BCUT2D eigenvalue weighted by atomic mass is 10.0. The molecule has 136 valence electrons. The molecule has 0 radical (unpaired) electrons. The zero-order chi connectivity index (χ0) is 18.9. The van der Waals surface area contributed by atoms with Gasteiger partial charge < -0.3 is 15.4 Å². The molecule has 0 atom stereocenters. The molecule has 0 saturated carbocycles. The van der Waals surface area contributed by atoms with E-state index in [0.717, 1.165) is 11.4 Å². The lowest BCUT2D eigenvalue weighted by molar-refractivity contribution is -0.117. The summed E-state index contributed by atoms with van der Waals surface area (Å²) in [4.78, 5) is 25.1. The number of carbonyl (C=O) groups excluding carboxylic acids is 2. The highest BCUT2D eigenvalue weighted by atomic mass is 35.5. The van der Waals surface area contributed by atoms with Crippen LogP contribution in [0, 0.1) is 0 Å². The van der Waals surface area contributed by atoms with E-state index >= 15 is 0 Å². The van der Waals surface area contributed by atoms with Crippen molar-refractivity contribution in [1.29, 1.82) is 0 Å². The Balaban J connectivity index is 2.26. The number of anilines is 1. The van der Waals surface area contributed by atoms with Crippen LogP contribution in [0.3, 0.4) is 0 Å². The first-order chi connectivity index (χ1) is 12.6. The van der Waals surface area contributed by atoms with Crippen molar-refractivity contribution in [3.8, 4) is 5.75 Å². The Hall–Kier alpha value is -2.79. The van der Waals surface area contributed by atoms with E-state index in [1.54, 1.807) is 55.5 Å². The van der Waals surface area contributed by atoms with Crippen molar-refractivity contribution >= 4 is 29.0 Å². The van der Waals surface area contributed by atoms with Gasteiger partial charge in [-0.1, -0.05) is 23.7 Å². The van der Waals surface area contributed by atoms with Crippen molar-refractivity contribution in [2.45, 2.75) is 13.8 Å². The molecule has 26 heavy (non-hydrogen) atoms. The van der Waals surface area contributed by atoms with Crippen molar-refractivity contribution in [3.05, 3.63) is 70.9 Å². The number of rotatable bonds is 8. The molecular formula is C20H21ClN2O3. The average Bonchev–Trinajstić information content (AvgIpc) is 2.64. The molecular weight excluding hydrogens is 352 g/mol. The lowest BCUT2D eigenvalue weighted by Gasteiger charge is -2.10. The first-order valence-electron chi connectivity index (χ1n) is 8.33. The SMILES string of the molecule is CCNC(=O)/C(=C/Nc1ccc(OCC)cc1)C(=O)c1ccccc1Cl. The van der Waals surface area contributed by atoms with Crippen molar-refractivity contribution in [1.82, 2.24) is 5.32 Å². The van der Waals surface area contributed by atoms with Crippen LogP contribution >= 0.6 is 11.6 Å². The largest absolute Gasteiger partial charge is 0.494 e. The number of ketones is 1. The van der Waals surface area contributed by atoms with Gasteiger partial charge in [0.2, 0.25) is 5.78 Å². The van der Waals surface area contributed by atoms with Crippen molar-refractivity contribution in [3.63, 3.8) is 0 Å². The fourth-order valence-corrected chi connectivity index (χ4v) is 2.47. The number of nitrogens with one attached hydrogen (secondary N) is 2. The minimum atomic E-state index is -0.462. The number of hydrogen-bond acceptors (Lipinski definition) is 4. The number of ether oxygens (including phenoxy) is 1. The number of Topliss-reactive ketones (excluding diaryl/α,β-unsaturated/α-hetero) is 1. The van der Waals surface area contributed by atoms with Crippen molar-refractivity contribution < 1.29 is 14.3 Å². The van der Waals surface area contributed by atoms with Crippen LogP contribution < -0.4 is 15.4 Å². The summed E-state index contributed by atoms with van der Waals surface area (Å²) in [6.45, 7) is 4.69. The number of benzene rings is 2. The van der Waals surface area contributed by atoms with E-state index in [9.17, 15) is 9.59 Å². The summed E-state index contributed by atoms with van der Waals surface area (Å²) in [5.41, 5.74) is 0.983. The van der Waals surface area contributed by atoms with Crippen LogP contribution in [0.25, 0.3) is 0 Å². The molecule has 0 aliphatic rings. The van der Waals surface area contributed by atoms with E-state index in [0.29, 0.717) is 18.2 Å². The highest BCUT2D eigenvalue weighted by molar-refractivity contribution is 6.37. The Kier molecular flexibility index (Phi) is 7.24. The molecule has 2 aromatic carbocycles. The first-order valence-corrected chi connectivity index (χ1v) is 8.71. The molecule has 0 saturated heterocycles. The van der Waals surface area contributed by atoms with E-state index in [1.807, 2.05) is 6.92 Å². The third-order valence-corrected chi connectivity index (χ3v) is 3.82. The summed E-state index contributed by atoms with van der Waals surface area (Å²) in [6.07, 6.45) is 1.40. The number of halogens is 1. The van der Waals surface area contributed by atoms with Crippen LogP contribution in [0.1, 0.15) is 24.2 Å². The Morgan fingerprint density at radius 3 is 2.38 bits per heavy atom. The van der Waals surface area contributed by atoms with Crippen molar-refractivity contribution in [2.75, 3.05) is 18.5 Å². The second-order valence-corrected chi connectivity index (χ2v) is 5.74. The number of hydrogen-bond donors (Lipinski definition) is 2. The predicted molar refractivity (Wildman–Crippen MR) is 104 cm³/mol. The van der Waals surface area contributed by atoms with Gasteiger partial charge in [-0.15, -0.1) is 0 Å². The van der Waals surface area contributed by atoms with Gasteiger partial charge in [0.15, 0.2) is 0 Å². The van der Waals surface area contributed by atoms with Gasteiger partial charge in [0.1, 0.15) is 11.3 Å². The summed E-state index contributed by atoms with van der Waals surface area (Å²) in [5.74, 6) is -0.158. The van der Waals surface area contributed by atoms with Crippen LogP contribution in [0.4, 0.5) is 5.69 Å². The molecule has 2 aromatic rings.